The van der Waals surface area contributed by atoms with E-state index in [1.165, 1.54) is 186 Å². The van der Waals surface area contributed by atoms with Gasteiger partial charge in [0.25, 0.3) is 0 Å². The summed E-state index contributed by atoms with van der Waals surface area (Å²) in [5.74, 6) is 0. The Morgan fingerprint density at radius 3 is 0.682 bits per heavy atom. The van der Waals surface area contributed by atoms with Crippen molar-refractivity contribution in [1.82, 2.24) is 0 Å². The molecule has 0 unspecified atom stereocenters. The fourth-order valence-electron chi connectivity index (χ4n) is 20.5. The van der Waals surface area contributed by atoms with E-state index in [1.807, 2.05) is 45.3 Å². The molecule has 0 atom stereocenters. The van der Waals surface area contributed by atoms with E-state index in [0.29, 0.717) is 0 Å². The lowest BCUT2D eigenvalue weighted by atomic mass is 9.76. The maximum absolute atomic E-state index is 6.51. The number of rotatable bonds is 14. The van der Waals surface area contributed by atoms with Crippen molar-refractivity contribution in [2.75, 3.05) is 0 Å². The molecule has 0 N–H and O–H groups in total. The highest BCUT2D eigenvalue weighted by atomic mass is 32.1. The van der Waals surface area contributed by atoms with Gasteiger partial charge in [-0.1, -0.05) is 382 Å². The lowest BCUT2D eigenvalue weighted by Gasteiger charge is -2.32. The fraction of sp³-hybridized carbons (Fsp3) is 0.182. The van der Waals surface area contributed by atoms with Crippen LogP contribution in [0.4, 0.5) is 0 Å². The van der Waals surface area contributed by atoms with E-state index in [0.717, 1.165) is 27.4 Å². The summed E-state index contributed by atoms with van der Waals surface area (Å²) in [5.41, 5.74) is 25.7. The van der Waals surface area contributed by atoms with Gasteiger partial charge in [-0.15, -0.1) is 45.3 Å². The zero-order valence-corrected chi connectivity index (χ0v) is 89.7. The van der Waals surface area contributed by atoms with Crippen LogP contribution in [0.1, 0.15) is 111 Å². The zero-order valence-electron chi connectivity index (χ0n) is 86.5. The van der Waals surface area contributed by atoms with Crippen molar-refractivity contribution in [2.24, 2.45) is 0 Å². The van der Waals surface area contributed by atoms with Gasteiger partial charge in [0.2, 0.25) is 0 Å². The van der Waals surface area contributed by atoms with Gasteiger partial charge in [0.1, 0.15) is 0 Å². The van der Waals surface area contributed by atoms with Gasteiger partial charge in [-0.25, -0.2) is 0 Å². The molecule has 16 heteroatoms. The standard InChI is InChI=1S/2C36H31BO2S.2C30H27BO2S/c1-35(2)36(3,4)39-37(38-35)28-22-26(24-13-7-5-8-14-24)21-27(23-28)30-18-12-20-32-31-19-11-17-29(33(31)40-34(30)32)25-15-9-6-10-16-25;1-35(2)36(3,4)39-37(38-35)28-22-20-27(21-23-28)30-13-9-15-32-31-14-8-12-29(33(31)40-34(30)32)26-18-16-25(17-19-26)24-10-6-5-7-11-24;1-29(2)30(3,4)33-31(32-29)23-18-21(20-11-6-5-7-12-20)17-22(19-23)24-14-10-15-26-25-13-8-9-16-27(25)34-28(24)26;1-29(2)30(3,4)33-31(32-29)23-16-13-21(14-17-23)24-11-8-12-25-26-19-22(20-9-6-5-7-10-20)15-18-27(26)34-28(24)25/h2*5-23H,1-4H3;2*5-19H,1-4H3. The molecule has 22 aromatic rings. The van der Waals surface area contributed by atoms with Crippen LogP contribution < -0.4 is 21.9 Å². The van der Waals surface area contributed by atoms with Gasteiger partial charge < -0.3 is 37.2 Å². The first-order chi connectivity index (χ1) is 71.3. The maximum Gasteiger partial charge on any atom is 0.494 e. The summed E-state index contributed by atoms with van der Waals surface area (Å²) in [7, 11) is -1.53. The Bertz CT molecular complexity index is 8670. The van der Waals surface area contributed by atoms with E-state index in [2.05, 4.69) is 523 Å². The van der Waals surface area contributed by atoms with Crippen molar-refractivity contribution in [2.45, 2.75) is 156 Å². The lowest BCUT2D eigenvalue weighted by molar-refractivity contribution is 0.00578. The third kappa shape index (κ3) is 18.5. The number of hydrogen-bond donors (Lipinski definition) is 0. The molecule has 4 saturated heterocycles. The first-order valence-electron chi connectivity index (χ1n) is 51.3. The van der Waals surface area contributed by atoms with Gasteiger partial charge in [0.15, 0.2) is 0 Å². The molecule has 8 heterocycles. The minimum atomic E-state index is -0.432. The van der Waals surface area contributed by atoms with Gasteiger partial charge in [0.05, 0.1) is 44.8 Å². The Morgan fingerprint density at radius 1 is 0.142 bits per heavy atom. The Balaban J connectivity index is 0.000000109. The Labute approximate surface area is 885 Å². The molecule has 728 valence electrons. The summed E-state index contributed by atoms with van der Waals surface area (Å²) in [5, 5.41) is 10.4. The average Bonchev–Trinajstić information content (AvgIpc) is 1.58. The lowest BCUT2D eigenvalue weighted by Crippen LogP contribution is -2.41. The second-order valence-electron chi connectivity index (χ2n) is 43.4. The minimum Gasteiger partial charge on any atom is -0.399 e. The zero-order chi connectivity index (χ0) is 102. The molecule has 4 aromatic heterocycles. The summed E-state index contributed by atoms with van der Waals surface area (Å²) >= 11 is 7.49. The molecule has 4 aliphatic heterocycles. The van der Waals surface area contributed by atoms with Crippen molar-refractivity contribution >= 4 is 176 Å². The van der Waals surface area contributed by atoms with Crippen molar-refractivity contribution in [3.63, 3.8) is 0 Å². The van der Waals surface area contributed by atoms with E-state index in [4.69, 9.17) is 37.2 Å². The molecule has 18 aromatic carbocycles. The summed E-state index contributed by atoms with van der Waals surface area (Å²) in [4.78, 5) is 0. The number of hydrogen-bond acceptors (Lipinski definition) is 12. The SMILES string of the molecule is CC1(C)OB(c2cc(-c3ccccc3)cc(-c3cccc4c3sc3c(-c5ccccc5)cccc34)c2)OC1(C)C.CC1(C)OB(c2cc(-c3ccccc3)cc(-c3cccc4c3sc3ccccc34)c2)OC1(C)C.CC1(C)OB(c2ccc(-c3cccc4c3sc3c(-c5ccc(-c6ccccc6)cc5)cccc34)cc2)OC1(C)C.CC1(C)OB(c2ccc(-c3cccc4c3sc3ccc(-c5ccccc5)cc34)cc2)OC1(C)C. The van der Waals surface area contributed by atoms with Gasteiger partial charge in [0, 0.05) is 80.7 Å². The van der Waals surface area contributed by atoms with E-state index in [9.17, 15) is 0 Å². The smallest absolute Gasteiger partial charge is 0.399 e. The molecule has 0 aliphatic carbocycles. The molecule has 0 bridgehead atoms. The molecular formula is C132H116B4O8S4. The first-order valence-corrected chi connectivity index (χ1v) is 54.6. The molecule has 0 spiro atoms. The maximum atomic E-state index is 6.51. The summed E-state index contributed by atoms with van der Waals surface area (Å²) in [6.45, 7) is 33.6. The molecule has 148 heavy (non-hydrogen) atoms. The van der Waals surface area contributed by atoms with Crippen LogP contribution in [-0.2, 0) is 37.2 Å². The molecule has 0 radical (unpaired) electrons. The monoisotopic (exact) mass is 2000 g/mol. The molecule has 26 rings (SSSR count). The van der Waals surface area contributed by atoms with Crippen LogP contribution in [0.2, 0.25) is 0 Å². The molecule has 0 amide bonds. The van der Waals surface area contributed by atoms with Crippen molar-refractivity contribution in [3.05, 3.63) is 413 Å². The van der Waals surface area contributed by atoms with Crippen LogP contribution in [-0.4, -0.2) is 73.3 Å². The van der Waals surface area contributed by atoms with Crippen molar-refractivity contribution in [1.29, 1.82) is 0 Å². The van der Waals surface area contributed by atoms with E-state index >= 15 is 0 Å². The third-order valence-electron chi connectivity index (χ3n) is 31.7. The Kier molecular flexibility index (Phi) is 25.7. The number of benzene rings is 18. The van der Waals surface area contributed by atoms with Crippen LogP contribution >= 0.6 is 45.3 Å². The highest BCUT2D eigenvalue weighted by molar-refractivity contribution is 7.28. The Hall–Kier alpha value is -13.2. The minimum absolute atomic E-state index is 0.336. The third-order valence-corrected chi connectivity index (χ3v) is 36.8. The molecule has 0 saturated carbocycles. The highest BCUT2D eigenvalue weighted by Crippen LogP contribution is 2.51. The molecule has 8 nitrogen and oxygen atoms in total. The first kappa shape index (κ1) is 98.1. The average molecular weight is 2000 g/mol. The van der Waals surface area contributed by atoms with Crippen LogP contribution in [0.3, 0.4) is 0 Å². The highest BCUT2D eigenvalue weighted by Gasteiger charge is 2.55. The van der Waals surface area contributed by atoms with Crippen molar-refractivity contribution < 1.29 is 37.2 Å². The van der Waals surface area contributed by atoms with E-state index in [-0.39, 0.29) is 47.8 Å². The van der Waals surface area contributed by atoms with E-state index < -0.39 is 25.4 Å². The quantitative estimate of drug-likeness (QED) is 0.0997. The molecule has 4 aliphatic rings. The Morgan fingerprint density at radius 2 is 0.351 bits per heavy atom. The number of thiophene rings is 4. The second kappa shape index (κ2) is 38.7. The topological polar surface area (TPSA) is 73.8 Å². The van der Waals surface area contributed by atoms with Gasteiger partial charge in [-0.2, -0.15) is 0 Å². The van der Waals surface area contributed by atoms with Crippen molar-refractivity contribution in [3.8, 4) is 111 Å². The summed E-state index contributed by atoms with van der Waals surface area (Å²) < 4.78 is 61.5. The van der Waals surface area contributed by atoms with Crippen LogP contribution in [0.5, 0.6) is 0 Å². The van der Waals surface area contributed by atoms with Gasteiger partial charge >= 0.3 is 28.5 Å². The molecular weight excluding hydrogens is 1880 g/mol. The summed E-state index contributed by atoms with van der Waals surface area (Å²) in [6, 6.07) is 148. The van der Waals surface area contributed by atoms with Crippen LogP contribution in [0.15, 0.2) is 413 Å². The number of fused-ring (bicyclic) bond motifs is 12. The summed E-state index contributed by atoms with van der Waals surface area (Å²) in [6.07, 6.45) is 0. The van der Waals surface area contributed by atoms with Gasteiger partial charge in [-0.05, 0) is 274 Å². The van der Waals surface area contributed by atoms with E-state index in [1.54, 1.807) is 0 Å². The molecule has 4 fully saturated rings. The second-order valence-corrected chi connectivity index (χ2v) is 47.5. The largest absolute Gasteiger partial charge is 0.494 e. The van der Waals surface area contributed by atoms with Crippen LogP contribution in [0, 0.1) is 0 Å². The van der Waals surface area contributed by atoms with Crippen LogP contribution in [0.25, 0.3) is 192 Å². The predicted octanol–water partition coefficient (Wildman–Crippen LogP) is 34.1. The predicted molar refractivity (Wildman–Crippen MR) is 635 cm³/mol. The van der Waals surface area contributed by atoms with Gasteiger partial charge in [-0.3, -0.25) is 0 Å². The fourth-order valence-corrected chi connectivity index (χ4v) is 25.7. The normalized spacial score (nSPS) is 16.5.